The van der Waals surface area contributed by atoms with Gasteiger partial charge in [0.05, 0.1) is 5.75 Å². The molecule has 1 atom stereocenters. The minimum Gasteiger partial charge on any atom is -0.481 e. The lowest BCUT2D eigenvalue weighted by atomic mass is 10.0. The van der Waals surface area contributed by atoms with Gasteiger partial charge in [0.15, 0.2) is 0 Å². The molecule has 0 heterocycles. The Morgan fingerprint density at radius 1 is 1.29 bits per heavy atom. The molecule has 0 spiro atoms. The molecule has 102 valence electrons. The molecule has 0 amide bonds. The maximum atomic E-state index is 10.8. The Hall–Kier alpha value is -0.620. The molecule has 0 radical (unpaired) electrons. The number of rotatable bonds is 10. The SMILES string of the molecule is CC(CCNCCCS(C)(=O)=O)CCC(=O)O. The van der Waals surface area contributed by atoms with Crippen LogP contribution in [0.1, 0.15) is 32.6 Å². The van der Waals surface area contributed by atoms with Gasteiger partial charge in [-0.25, -0.2) is 8.42 Å². The second kappa shape index (κ2) is 8.47. The Morgan fingerprint density at radius 3 is 2.47 bits per heavy atom. The van der Waals surface area contributed by atoms with Crippen molar-refractivity contribution in [2.24, 2.45) is 5.92 Å². The highest BCUT2D eigenvalue weighted by Crippen LogP contribution is 2.08. The van der Waals surface area contributed by atoms with Gasteiger partial charge in [0, 0.05) is 12.7 Å². The number of carbonyl (C=O) groups is 1. The van der Waals surface area contributed by atoms with Gasteiger partial charge in [-0.05, 0) is 38.3 Å². The summed E-state index contributed by atoms with van der Waals surface area (Å²) in [6.45, 7) is 3.53. The van der Waals surface area contributed by atoms with Crippen molar-refractivity contribution in [2.45, 2.75) is 32.6 Å². The quantitative estimate of drug-likeness (QED) is 0.573. The molecule has 5 nitrogen and oxygen atoms in total. The molecule has 6 heteroatoms. The molecule has 0 saturated heterocycles. The summed E-state index contributed by atoms with van der Waals surface area (Å²) in [5.74, 6) is -0.152. The molecule has 0 aromatic heterocycles. The first-order chi connectivity index (χ1) is 7.81. The van der Waals surface area contributed by atoms with Crippen LogP contribution in [0.15, 0.2) is 0 Å². The average molecular weight is 265 g/mol. The molecule has 0 aliphatic rings. The first kappa shape index (κ1) is 16.4. The molecule has 0 fully saturated rings. The highest BCUT2D eigenvalue weighted by atomic mass is 32.2. The molecular formula is C11H23NO4S. The van der Waals surface area contributed by atoms with Crippen LogP contribution in [0, 0.1) is 5.92 Å². The molecule has 0 saturated carbocycles. The molecule has 0 bridgehead atoms. The van der Waals surface area contributed by atoms with E-state index in [1.165, 1.54) is 6.26 Å². The molecule has 2 N–H and O–H groups in total. The number of carboxylic acid groups (broad SMARTS) is 1. The number of carboxylic acids is 1. The van der Waals surface area contributed by atoms with Crippen molar-refractivity contribution in [2.75, 3.05) is 25.1 Å². The number of sulfone groups is 1. The van der Waals surface area contributed by atoms with Gasteiger partial charge in [0.2, 0.25) is 0 Å². The van der Waals surface area contributed by atoms with Gasteiger partial charge >= 0.3 is 5.97 Å². The largest absolute Gasteiger partial charge is 0.481 e. The first-order valence-electron chi connectivity index (χ1n) is 5.91. The molecule has 1 unspecified atom stereocenters. The van der Waals surface area contributed by atoms with Crippen LogP contribution in [0.5, 0.6) is 0 Å². The van der Waals surface area contributed by atoms with Crippen LogP contribution in [0.4, 0.5) is 0 Å². The predicted octanol–water partition coefficient (Wildman–Crippen LogP) is 0.902. The summed E-state index contributed by atoms with van der Waals surface area (Å²) in [5.41, 5.74) is 0. The molecular weight excluding hydrogens is 242 g/mol. The van der Waals surface area contributed by atoms with Gasteiger partial charge in [-0.1, -0.05) is 6.92 Å². The number of aliphatic carboxylic acids is 1. The summed E-state index contributed by atoms with van der Waals surface area (Å²) in [5, 5.41) is 11.7. The summed E-state index contributed by atoms with van der Waals surface area (Å²) in [7, 11) is -2.85. The predicted molar refractivity (Wildman–Crippen MR) is 67.8 cm³/mol. The van der Waals surface area contributed by atoms with Crippen LogP contribution in [0.3, 0.4) is 0 Å². The van der Waals surface area contributed by atoms with Crippen LogP contribution in [0.25, 0.3) is 0 Å². The smallest absolute Gasteiger partial charge is 0.303 e. The zero-order chi connectivity index (χ0) is 13.3. The van der Waals surface area contributed by atoms with Crippen molar-refractivity contribution in [3.05, 3.63) is 0 Å². The third-order valence-electron chi connectivity index (χ3n) is 2.53. The zero-order valence-electron chi connectivity index (χ0n) is 10.6. The molecule has 0 rings (SSSR count). The first-order valence-corrected chi connectivity index (χ1v) is 7.97. The topological polar surface area (TPSA) is 83.5 Å². The van der Waals surface area contributed by atoms with Crippen LogP contribution in [0.2, 0.25) is 0 Å². The van der Waals surface area contributed by atoms with Gasteiger partial charge in [-0.3, -0.25) is 4.79 Å². The lowest BCUT2D eigenvalue weighted by molar-refractivity contribution is -0.137. The van der Waals surface area contributed by atoms with E-state index in [2.05, 4.69) is 5.32 Å². The van der Waals surface area contributed by atoms with E-state index in [1.54, 1.807) is 0 Å². The zero-order valence-corrected chi connectivity index (χ0v) is 11.4. The van der Waals surface area contributed by atoms with Gasteiger partial charge < -0.3 is 10.4 Å². The van der Waals surface area contributed by atoms with Crippen molar-refractivity contribution < 1.29 is 18.3 Å². The lowest BCUT2D eigenvalue weighted by Crippen LogP contribution is -2.21. The third kappa shape index (κ3) is 13.3. The number of hydrogen-bond donors (Lipinski definition) is 2. The average Bonchev–Trinajstić information content (AvgIpc) is 2.18. The summed E-state index contributed by atoms with van der Waals surface area (Å²) in [6.07, 6.45) is 3.70. The van der Waals surface area contributed by atoms with Gasteiger partial charge in [0.1, 0.15) is 9.84 Å². The van der Waals surface area contributed by atoms with Gasteiger partial charge in [0.25, 0.3) is 0 Å². The summed E-state index contributed by atoms with van der Waals surface area (Å²) >= 11 is 0. The van der Waals surface area contributed by atoms with Crippen molar-refractivity contribution in [1.29, 1.82) is 0 Å². The van der Waals surface area contributed by atoms with Crippen molar-refractivity contribution in [1.82, 2.24) is 5.32 Å². The van der Waals surface area contributed by atoms with E-state index in [9.17, 15) is 13.2 Å². The van der Waals surface area contributed by atoms with Crippen molar-refractivity contribution in [3.63, 3.8) is 0 Å². The van der Waals surface area contributed by atoms with Crippen LogP contribution in [-0.2, 0) is 14.6 Å². The fraction of sp³-hybridized carbons (Fsp3) is 0.909. The van der Waals surface area contributed by atoms with E-state index < -0.39 is 15.8 Å². The summed E-state index contributed by atoms with van der Waals surface area (Å²) in [4.78, 5) is 10.3. The second-order valence-electron chi connectivity index (χ2n) is 4.56. The van der Waals surface area contributed by atoms with Gasteiger partial charge in [-0.2, -0.15) is 0 Å². The maximum Gasteiger partial charge on any atom is 0.303 e. The monoisotopic (exact) mass is 265 g/mol. The molecule has 17 heavy (non-hydrogen) atoms. The Labute approximate surface area is 104 Å². The third-order valence-corrected chi connectivity index (χ3v) is 3.56. The van der Waals surface area contributed by atoms with Gasteiger partial charge in [-0.15, -0.1) is 0 Å². The van der Waals surface area contributed by atoms with E-state index in [0.29, 0.717) is 25.3 Å². The van der Waals surface area contributed by atoms with E-state index >= 15 is 0 Å². The second-order valence-corrected chi connectivity index (χ2v) is 6.82. The summed E-state index contributed by atoms with van der Waals surface area (Å²) < 4.78 is 21.7. The summed E-state index contributed by atoms with van der Waals surface area (Å²) in [6, 6.07) is 0. The molecule has 0 aliphatic heterocycles. The Morgan fingerprint density at radius 2 is 1.94 bits per heavy atom. The minimum atomic E-state index is -2.85. The normalized spacial score (nSPS) is 13.5. The van der Waals surface area contributed by atoms with Crippen LogP contribution < -0.4 is 5.32 Å². The molecule has 0 aliphatic carbocycles. The fourth-order valence-electron chi connectivity index (χ4n) is 1.45. The van der Waals surface area contributed by atoms with E-state index in [0.717, 1.165) is 13.0 Å². The number of hydrogen-bond acceptors (Lipinski definition) is 4. The molecule has 0 aromatic carbocycles. The molecule has 0 aromatic rings. The number of nitrogens with one attached hydrogen (secondary N) is 1. The van der Waals surface area contributed by atoms with E-state index in [-0.39, 0.29) is 12.2 Å². The maximum absolute atomic E-state index is 10.8. The minimum absolute atomic E-state index is 0.217. The van der Waals surface area contributed by atoms with Crippen LogP contribution in [-0.4, -0.2) is 44.6 Å². The van der Waals surface area contributed by atoms with E-state index in [4.69, 9.17) is 5.11 Å². The highest BCUT2D eigenvalue weighted by Gasteiger charge is 2.05. The Balaban J connectivity index is 3.36. The van der Waals surface area contributed by atoms with Crippen molar-refractivity contribution in [3.8, 4) is 0 Å². The lowest BCUT2D eigenvalue weighted by Gasteiger charge is -2.10. The van der Waals surface area contributed by atoms with E-state index in [1.807, 2.05) is 6.92 Å². The Kier molecular flexibility index (Phi) is 8.16. The van der Waals surface area contributed by atoms with Crippen molar-refractivity contribution >= 4 is 15.8 Å². The standard InChI is InChI=1S/C11H23NO4S/c1-10(4-5-11(13)14)6-8-12-7-3-9-17(2,15)16/h10,12H,3-9H2,1-2H3,(H,13,14). The van der Waals surface area contributed by atoms with Crippen LogP contribution >= 0.6 is 0 Å². The fourth-order valence-corrected chi connectivity index (χ4v) is 2.12. The Bertz CT molecular complexity index is 313. The highest BCUT2D eigenvalue weighted by molar-refractivity contribution is 7.90.